The molecule has 0 fully saturated rings. The maximum absolute atomic E-state index is 12.7. The number of carbonyl (C=O) groups is 1. The highest BCUT2D eigenvalue weighted by Crippen LogP contribution is 2.33. The van der Waals surface area contributed by atoms with Crippen molar-refractivity contribution in [3.8, 4) is 0 Å². The van der Waals surface area contributed by atoms with E-state index in [2.05, 4.69) is 0 Å². The van der Waals surface area contributed by atoms with Crippen molar-refractivity contribution in [2.45, 2.75) is 44.4 Å². The van der Waals surface area contributed by atoms with Crippen LogP contribution in [0.2, 0.25) is 0 Å². The van der Waals surface area contributed by atoms with Crippen LogP contribution in [0.25, 0.3) is 0 Å². The molecule has 0 bridgehead atoms. The summed E-state index contributed by atoms with van der Waals surface area (Å²) in [5.41, 5.74) is -1.14. The maximum Gasteiger partial charge on any atom is 0.416 e. The van der Waals surface area contributed by atoms with Gasteiger partial charge in [0.2, 0.25) is 0 Å². The fourth-order valence-corrected chi connectivity index (χ4v) is 2.84. The summed E-state index contributed by atoms with van der Waals surface area (Å²) in [6.07, 6.45) is -5.68. The molecule has 142 valence electrons. The minimum Gasteiger partial charge on any atom is -0.465 e. The molecular weight excluding hydrogens is 339 g/mol. The SMILES string of the molecule is COC[C@H](c1ccc(C(F)(F)F)cc1)[C@H](CO)N(C(=O)O)C(C)(C)C. The number of benzene rings is 1. The van der Waals surface area contributed by atoms with Crippen LogP contribution < -0.4 is 0 Å². The minimum atomic E-state index is -4.45. The molecule has 1 amide bonds. The van der Waals surface area contributed by atoms with Crippen LogP contribution in [-0.4, -0.2) is 53.1 Å². The predicted molar refractivity (Wildman–Crippen MR) is 86.6 cm³/mol. The number of alkyl halides is 3. The average molecular weight is 363 g/mol. The molecule has 0 saturated carbocycles. The van der Waals surface area contributed by atoms with Gasteiger partial charge in [-0.3, -0.25) is 4.90 Å². The molecule has 5 nitrogen and oxygen atoms in total. The van der Waals surface area contributed by atoms with Gasteiger partial charge in [-0.05, 0) is 38.5 Å². The fraction of sp³-hybridized carbons (Fsp3) is 0.588. The second kappa shape index (κ2) is 8.05. The van der Waals surface area contributed by atoms with Crippen molar-refractivity contribution in [1.82, 2.24) is 4.90 Å². The van der Waals surface area contributed by atoms with Crippen LogP contribution in [0.3, 0.4) is 0 Å². The van der Waals surface area contributed by atoms with E-state index < -0.39 is 41.9 Å². The van der Waals surface area contributed by atoms with Crippen molar-refractivity contribution in [3.05, 3.63) is 35.4 Å². The quantitative estimate of drug-likeness (QED) is 0.811. The van der Waals surface area contributed by atoms with Crippen LogP contribution in [-0.2, 0) is 10.9 Å². The van der Waals surface area contributed by atoms with Crippen molar-refractivity contribution in [2.75, 3.05) is 20.3 Å². The van der Waals surface area contributed by atoms with Gasteiger partial charge >= 0.3 is 12.3 Å². The molecule has 0 aliphatic heterocycles. The summed E-state index contributed by atoms with van der Waals surface area (Å²) in [5, 5.41) is 19.4. The molecule has 0 spiro atoms. The lowest BCUT2D eigenvalue weighted by molar-refractivity contribution is -0.137. The van der Waals surface area contributed by atoms with Crippen molar-refractivity contribution in [3.63, 3.8) is 0 Å². The van der Waals surface area contributed by atoms with E-state index >= 15 is 0 Å². The Kier molecular flexibility index (Phi) is 6.84. The van der Waals surface area contributed by atoms with E-state index in [9.17, 15) is 28.2 Å². The molecule has 0 heterocycles. The molecular formula is C17H24F3NO4. The number of halogens is 3. The monoisotopic (exact) mass is 363 g/mol. The minimum absolute atomic E-state index is 0.0520. The Morgan fingerprint density at radius 1 is 1.20 bits per heavy atom. The molecule has 0 aliphatic rings. The smallest absolute Gasteiger partial charge is 0.416 e. The molecule has 1 aromatic carbocycles. The Balaban J connectivity index is 3.29. The third-order valence-electron chi connectivity index (χ3n) is 3.92. The van der Waals surface area contributed by atoms with Crippen LogP contribution >= 0.6 is 0 Å². The average Bonchev–Trinajstić information content (AvgIpc) is 2.48. The van der Waals surface area contributed by atoms with Crippen LogP contribution in [0.15, 0.2) is 24.3 Å². The van der Waals surface area contributed by atoms with E-state index in [1.165, 1.54) is 19.2 Å². The summed E-state index contributed by atoms with van der Waals surface area (Å²) in [6, 6.07) is 3.59. The topological polar surface area (TPSA) is 70.0 Å². The van der Waals surface area contributed by atoms with Gasteiger partial charge in [0.05, 0.1) is 24.8 Å². The van der Waals surface area contributed by atoms with Gasteiger partial charge in [0.15, 0.2) is 0 Å². The third kappa shape index (κ3) is 5.34. The Hall–Kier alpha value is -1.80. The number of nitrogens with zero attached hydrogens (tertiary/aromatic N) is 1. The number of aliphatic hydroxyl groups excluding tert-OH is 1. The second-order valence-electron chi connectivity index (χ2n) is 6.75. The lowest BCUT2D eigenvalue weighted by Gasteiger charge is -2.42. The summed E-state index contributed by atoms with van der Waals surface area (Å²) in [5.74, 6) is -0.618. The van der Waals surface area contributed by atoms with Crippen LogP contribution in [0.1, 0.15) is 37.8 Å². The third-order valence-corrected chi connectivity index (χ3v) is 3.92. The molecule has 1 rings (SSSR count). The zero-order chi connectivity index (χ0) is 19.4. The zero-order valence-electron chi connectivity index (χ0n) is 14.7. The van der Waals surface area contributed by atoms with E-state index in [0.29, 0.717) is 5.56 Å². The number of aliphatic hydroxyl groups is 1. The number of ether oxygens (including phenoxy) is 1. The lowest BCUT2D eigenvalue weighted by atomic mass is 9.88. The zero-order valence-corrected chi connectivity index (χ0v) is 14.7. The molecule has 2 atom stereocenters. The summed E-state index contributed by atoms with van der Waals surface area (Å²) in [7, 11) is 1.41. The van der Waals surface area contributed by atoms with Gasteiger partial charge in [-0.25, -0.2) is 4.79 Å². The molecule has 0 radical (unpaired) electrons. The largest absolute Gasteiger partial charge is 0.465 e. The number of hydrogen-bond acceptors (Lipinski definition) is 3. The van der Waals surface area contributed by atoms with Crippen LogP contribution in [0.5, 0.6) is 0 Å². The van der Waals surface area contributed by atoms with Crippen LogP contribution in [0.4, 0.5) is 18.0 Å². The summed E-state index contributed by atoms with van der Waals surface area (Å²) < 4.78 is 43.3. The van der Waals surface area contributed by atoms with E-state index in [0.717, 1.165) is 17.0 Å². The molecule has 0 aromatic heterocycles. The Labute approximate surface area is 145 Å². The molecule has 2 N–H and O–H groups in total. The second-order valence-corrected chi connectivity index (χ2v) is 6.75. The van der Waals surface area contributed by atoms with E-state index in [4.69, 9.17) is 4.74 Å². The van der Waals surface area contributed by atoms with Gasteiger partial charge in [0.1, 0.15) is 0 Å². The van der Waals surface area contributed by atoms with Gasteiger partial charge in [0.25, 0.3) is 0 Å². The van der Waals surface area contributed by atoms with E-state index in [1.807, 2.05) is 0 Å². The first-order chi connectivity index (χ1) is 11.4. The molecule has 8 heteroatoms. The van der Waals surface area contributed by atoms with Crippen LogP contribution in [0, 0.1) is 0 Å². The van der Waals surface area contributed by atoms with Gasteiger partial charge in [-0.15, -0.1) is 0 Å². The summed E-state index contributed by atoms with van der Waals surface area (Å²) in [6.45, 7) is 4.61. The Bertz CT molecular complexity index is 567. The maximum atomic E-state index is 12.7. The summed E-state index contributed by atoms with van der Waals surface area (Å²) in [4.78, 5) is 12.8. The molecule has 0 saturated heterocycles. The number of rotatable bonds is 6. The van der Waals surface area contributed by atoms with Gasteiger partial charge < -0.3 is 14.9 Å². The number of hydrogen-bond donors (Lipinski definition) is 2. The van der Waals surface area contributed by atoms with Gasteiger partial charge in [-0.2, -0.15) is 13.2 Å². The number of carboxylic acid groups (broad SMARTS) is 1. The van der Waals surface area contributed by atoms with Gasteiger partial charge in [-0.1, -0.05) is 12.1 Å². The number of amides is 1. The highest BCUT2D eigenvalue weighted by atomic mass is 19.4. The first kappa shape index (κ1) is 21.2. The standard InChI is InChI=1S/C17H24F3NO4/c1-16(2,3)21(15(23)24)14(9-22)13(10-25-4)11-5-7-12(8-6-11)17(18,19)20/h5-8,13-14,22H,9-10H2,1-4H3,(H,23,24)/t13-,14+/m1/s1. The number of methoxy groups -OCH3 is 1. The molecule has 25 heavy (non-hydrogen) atoms. The first-order valence-electron chi connectivity index (χ1n) is 7.72. The predicted octanol–water partition coefficient (Wildman–Crippen LogP) is 3.57. The lowest BCUT2D eigenvalue weighted by Crippen LogP contribution is -2.55. The van der Waals surface area contributed by atoms with Gasteiger partial charge in [0, 0.05) is 18.6 Å². The Morgan fingerprint density at radius 3 is 2.04 bits per heavy atom. The molecule has 1 aromatic rings. The first-order valence-corrected chi connectivity index (χ1v) is 7.72. The highest BCUT2D eigenvalue weighted by molar-refractivity contribution is 5.66. The van der Waals surface area contributed by atoms with E-state index in [1.54, 1.807) is 20.8 Å². The summed E-state index contributed by atoms with van der Waals surface area (Å²) >= 11 is 0. The van der Waals surface area contributed by atoms with Crippen molar-refractivity contribution in [1.29, 1.82) is 0 Å². The molecule has 0 unspecified atom stereocenters. The van der Waals surface area contributed by atoms with Crippen molar-refractivity contribution < 1.29 is 32.9 Å². The van der Waals surface area contributed by atoms with Crippen molar-refractivity contribution in [2.24, 2.45) is 0 Å². The highest BCUT2D eigenvalue weighted by Gasteiger charge is 2.38. The molecule has 0 aliphatic carbocycles. The fourth-order valence-electron chi connectivity index (χ4n) is 2.84. The normalized spacial score (nSPS) is 14.9. The van der Waals surface area contributed by atoms with Crippen molar-refractivity contribution >= 4 is 6.09 Å². The Morgan fingerprint density at radius 2 is 1.72 bits per heavy atom. The van der Waals surface area contributed by atoms with E-state index in [-0.39, 0.29) is 6.61 Å².